The van der Waals surface area contributed by atoms with E-state index in [9.17, 15) is 18.3 Å². The summed E-state index contributed by atoms with van der Waals surface area (Å²) in [7, 11) is 0. The summed E-state index contributed by atoms with van der Waals surface area (Å²) < 4.78 is 40.4. The predicted octanol–water partition coefficient (Wildman–Crippen LogP) is 3.69. The van der Waals surface area contributed by atoms with Gasteiger partial charge in [0.1, 0.15) is 17.5 Å². The fraction of sp³-hybridized carbons (Fsp3) is 0.200. The fourth-order valence-electron chi connectivity index (χ4n) is 1.90. The van der Waals surface area contributed by atoms with Crippen LogP contribution >= 0.6 is 15.9 Å². The first-order valence-corrected chi connectivity index (χ1v) is 7.04. The molecule has 0 saturated heterocycles. The standard InChI is InChI=1S/C15H13BrF3NO/c16-13-3-1-10(17)5-9(13)7-20-8-15(21)12-6-11(18)2-4-14(12)19/h1-6,15,20-21H,7-8H2. The number of nitrogens with one attached hydrogen (secondary N) is 1. The molecule has 2 aromatic carbocycles. The lowest BCUT2D eigenvalue weighted by Gasteiger charge is -2.14. The van der Waals surface area contributed by atoms with Gasteiger partial charge in [-0.05, 0) is 42.0 Å². The summed E-state index contributed by atoms with van der Waals surface area (Å²) in [6.45, 7) is 0.301. The third-order valence-electron chi connectivity index (χ3n) is 2.98. The second kappa shape index (κ2) is 7.06. The van der Waals surface area contributed by atoms with Crippen molar-refractivity contribution < 1.29 is 18.3 Å². The first-order chi connectivity index (χ1) is 9.97. The second-order valence-corrected chi connectivity index (χ2v) is 5.40. The maximum Gasteiger partial charge on any atom is 0.129 e. The number of hydrogen-bond donors (Lipinski definition) is 2. The minimum Gasteiger partial charge on any atom is -0.387 e. The zero-order valence-electron chi connectivity index (χ0n) is 10.9. The monoisotopic (exact) mass is 359 g/mol. The average molecular weight is 360 g/mol. The highest BCUT2D eigenvalue weighted by atomic mass is 79.9. The van der Waals surface area contributed by atoms with Crippen LogP contribution in [0.2, 0.25) is 0 Å². The molecule has 21 heavy (non-hydrogen) atoms. The van der Waals surface area contributed by atoms with Gasteiger partial charge in [-0.2, -0.15) is 0 Å². The van der Waals surface area contributed by atoms with Crippen LogP contribution in [0.25, 0.3) is 0 Å². The van der Waals surface area contributed by atoms with E-state index in [0.717, 1.165) is 22.7 Å². The third kappa shape index (κ3) is 4.30. The number of benzene rings is 2. The van der Waals surface area contributed by atoms with Gasteiger partial charge >= 0.3 is 0 Å². The molecule has 0 aromatic heterocycles. The lowest BCUT2D eigenvalue weighted by Crippen LogP contribution is -2.22. The van der Waals surface area contributed by atoms with E-state index in [4.69, 9.17) is 0 Å². The highest BCUT2D eigenvalue weighted by molar-refractivity contribution is 9.10. The van der Waals surface area contributed by atoms with Crippen LogP contribution in [0.1, 0.15) is 17.2 Å². The van der Waals surface area contributed by atoms with Crippen LogP contribution in [0.5, 0.6) is 0 Å². The Balaban J connectivity index is 1.96. The normalized spacial score (nSPS) is 12.4. The highest BCUT2D eigenvalue weighted by Crippen LogP contribution is 2.19. The van der Waals surface area contributed by atoms with Gasteiger partial charge in [-0.15, -0.1) is 0 Å². The Morgan fingerprint density at radius 1 is 1.05 bits per heavy atom. The van der Waals surface area contributed by atoms with E-state index in [1.54, 1.807) is 6.07 Å². The van der Waals surface area contributed by atoms with Crippen molar-refractivity contribution in [2.45, 2.75) is 12.6 Å². The second-order valence-electron chi connectivity index (χ2n) is 4.55. The van der Waals surface area contributed by atoms with E-state index < -0.39 is 17.7 Å². The number of hydrogen-bond acceptors (Lipinski definition) is 2. The average Bonchev–Trinajstić information content (AvgIpc) is 2.45. The van der Waals surface area contributed by atoms with Gasteiger partial charge in [0, 0.05) is 23.1 Å². The molecule has 0 spiro atoms. The molecular weight excluding hydrogens is 347 g/mol. The summed E-state index contributed by atoms with van der Waals surface area (Å²) >= 11 is 3.28. The van der Waals surface area contributed by atoms with Gasteiger partial charge in [-0.25, -0.2) is 13.2 Å². The van der Waals surface area contributed by atoms with Gasteiger partial charge < -0.3 is 10.4 Å². The molecule has 0 fully saturated rings. The summed E-state index contributed by atoms with van der Waals surface area (Å²) in [6, 6.07) is 7.17. The van der Waals surface area contributed by atoms with E-state index in [2.05, 4.69) is 21.2 Å². The Labute approximate surface area is 128 Å². The smallest absolute Gasteiger partial charge is 0.129 e. The van der Waals surface area contributed by atoms with Gasteiger partial charge in [0.25, 0.3) is 0 Å². The van der Waals surface area contributed by atoms with Crippen molar-refractivity contribution in [2.24, 2.45) is 0 Å². The largest absolute Gasteiger partial charge is 0.387 e. The van der Waals surface area contributed by atoms with Crippen LogP contribution in [-0.4, -0.2) is 11.7 Å². The van der Waals surface area contributed by atoms with Crippen molar-refractivity contribution in [3.05, 3.63) is 69.4 Å². The van der Waals surface area contributed by atoms with E-state index >= 15 is 0 Å². The molecule has 0 saturated carbocycles. The minimum absolute atomic E-state index is 0.0172. The topological polar surface area (TPSA) is 32.3 Å². The first-order valence-electron chi connectivity index (χ1n) is 6.25. The van der Waals surface area contributed by atoms with Crippen molar-refractivity contribution in [3.8, 4) is 0 Å². The van der Waals surface area contributed by atoms with Crippen molar-refractivity contribution in [2.75, 3.05) is 6.54 Å². The quantitative estimate of drug-likeness (QED) is 0.853. The molecule has 0 bridgehead atoms. The Hall–Kier alpha value is -1.37. The molecule has 0 aliphatic rings. The Bertz CT molecular complexity index is 636. The molecule has 2 aromatic rings. The van der Waals surface area contributed by atoms with E-state index in [1.165, 1.54) is 12.1 Å². The van der Waals surface area contributed by atoms with Crippen molar-refractivity contribution in [1.82, 2.24) is 5.32 Å². The summed E-state index contributed by atoms with van der Waals surface area (Å²) in [5.74, 6) is -1.65. The maximum absolute atomic E-state index is 13.5. The van der Waals surface area contributed by atoms with E-state index in [1.807, 2.05) is 0 Å². The van der Waals surface area contributed by atoms with Crippen LogP contribution in [0.15, 0.2) is 40.9 Å². The van der Waals surface area contributed by atoms with Crippen LogP contribution in [0.3, 0.4) is 0 Å². The first kappa shape index (κ1) is 16.0. The van der Waals surface area contributed by atoms with E-state index in [0.29, 0.717) is 5.56 Å². The lowest BCUT2D eigenvalue weighted by atomic mass is 10.1. The Morgan fingerprint density at radius 2 is 1.71 bits per heavy atom. The molecule has 0 heterocycles. The van der Waals surface area contributed by atoms with Crippen LogP contribution in [0.4, 0.5) is 13.2 Å². The zero-order chi connectivity index (χ0) is 15.4. The molecule has 2 nitrogen and oxygen atoms in total. The molecule has 0 aliphatic carbocycles. The maximum atomic E-state index is 13.5. The summed E-state index contributed by atoms with van der Waals surface area (Å²) in [4.78, 5) is 0. The number of aliphatic hydroxyl groups excluding tert-OH is 1. The molecule has 2 rings (SSSR count). The third-order valence-corrected chi connectivity index (χ3v) is 3.75. The minimum atomic E-state index is -1.19. The number of rotatable bonds is 5. The Kier molecular flexibility index (Phi) is 5.39. The molecule has 6 heteroatoms. The number of halogens is 4. The van der Waals surface area contributed by atoms with Crippen LogP contribution in [-0.2, 0) is 6.54 Å². The summed E-state index contributed by atoms with van der Waals surface area (Å²) in [6.07, 6.45) is -1.19. The molecule has 1 atom stereocenters. The fourth-order valence-corrected chi connectivity index (χ4v) is 2.29. The summed E-state index contributed by atoms with van der Waals surface area (Å²) in [5, 5.41) is 12.8. The Morgan fingerprint density at radius 3 is 2.48 bits per heavy atom. The van der Waals surface area contributed by atoms with Crippen LogP contribution < -0.4 is 5.32 Å². The molecule has 1 unspecified atom stereocenters. The lowest BCUT2D eigenvalue weighted by molar-refractivity contribution is 0.169. The molecule has 0 radical (unpaired) electrons. The molecule has 0 aliphatic heterocycles. The van der Waals surface area contributed by atoms with Gasteiger partial charge in [-0.3, -0.25) is 0 Å². The molecule has 0 amide bonds. The van der Waals surface area contributed by atoms with E-state index in [-0.39, 0.29) is 24.5 Å². The van der Waals surface area contributed by atoms with Crippen molar-refractivity contribution >= 4 is 15.9 Å². The van der Waals surface area contributed by atoms with Gasteiger partial charge in [-0.1, -0.05) is 15.9 Å². The predicted molar refractivity (Wildman–Crippen MR) is 77.1 cm³/mol. The van der Waals surface area contributed by atoms with Crippen LogP contribution in [0, 0.1) is 17.5 Å². The van der Waals surface area contributed by atoms with Crippen molar-refractivity contribution in [3.63, 3.8) is 0 Å². The molecule has 112 valence electrons. The van der Waals surface area contributed by atoms with Crippen molar-refractivity contribution in [1.29, 1.82) is 0 Å². The SMILES string of the molecule is OC(CNCc1cc(F)ccc1Br)c1cc(F)ccc1F. The zero-order valence-corrected chi connectivity index (χ0v) is 12.5. The van der Waals surface area contributed by atoms with Gasteiger partial charge in [0.2, 0.25) is 0 Å². The number of aliphatic hydroxyl groups is 1. The highest BCUT2D eigenvalue weighted by Gasteiger charge is 2.13. The molecular formula is C15H13BrF3NO. The molecule has 2 N–H and O–H groups in total. The van der Waals surface area contributed by atoms with Gasteiger partial charge in [0.05, 0.1) is 6.10 Å². The summed E-state index contributed by atoms with van der Waals surface area (Å²) in [5.41, 5.74) is 0.558. The van der Waals surface area contributed by atoms with Gasteiger partial charge in [0.15, 0.2) is 0 Å².